The van der Waals surface area contributed by atoms with Crippen LogP contribution >= 0.6 is 0 Å². The van der Waals surface area contributed by atoms with Crippen LogP contribution in [-0.2, 0) is 11.3 Å². The Balaban J connectivity index is 2.51. The second-order valence-corrected chi connectivity index (χ2v) is 3.37. The molecule has 0 radical (unpaired) electrons. The summed E-state index contributed by atoms with van der Waals surface area (Å²) in [5.41, 5.74) is 1.08. The third-order valence-electron chi connectivity index (χ3n) is 2.25. The van der Waals surface area contributed by atoms with Crippen molar-refractivity contribution in [2.75, 3.05) is 7.11 Å². The summed E-state index contributed by atoms with van der Waals surface area (Å²) < 4.78 is 6.44. The fraction of sp³-hybridized carbons (Fsp3) is 0.182. The number of hydrogen-bond acceptors (Lipinski definition) is 4. The fourth-order valence-corrected chi connectivity index (χ4v) is 1.51. The average Bonchev–Trinajstić information content (AvgIpc) is 2.75. The van der Waals surface area contributed by atoms with Crippen LogP contribution in [-0.4, -0.2) is 33.2 Å². The van der Waals surface area contributed by atoms with Gasteiger partial charge in [0.15, 0.2) is 5.69 Å². The second-order valence-electron chi connectivity index (χ2n) is 3.37. The van der Waals surface area contributed by atoms with Gasteiger partial charge in [-0.2, -0.15) is 0 Å². The maximum absolute atomic E-state index is 11.0. The molecule has 0 aliphatic heterocycles. The summed E-state index contributed by atoms with van der Waals surface area (Å²) in [7, 11) is 1.49. The molecule has 0 spiro atoms. The molecule has 0 bridgehead atoms. The number of aromatic carboxylic acids is 1. The van der Waals surface area contributed by atoms with Gasteiger partial charge < -0.3 is 9.84 Å². The summed E-state index contributed by atoms with van der Waals surface area (Å²) in [4.78, 5) is 11.0. The van der Waals surface area contributed by atoms with Crippen LogP contribution in [0.3, 0.4) is 0 Å². The molecular formula is C11H11N3O3. The third-order valence-corrected chi connectivity index (χ3v) is 2.25. The number of para-hydroxylation sites is 1. The van der Waals surface area contributed by atoms with E-state index < -0.39 is 5.97 Å². The van der Waals surface area contributed by atoms with Gasteiger partial charge >= 0.3 is 5.97 Å². The average molecular weight is 233 g/mol. The van der Waals surface area contributed by atoms with E-state index in [0.717, 1.165) is 5.69 Å². The van der Waals surface area contributed by atoms with Crippen molar-refractivity contribution in [3.8, 4) is 5.69 Å². The number of nitrogens with zero attached hydrogens (tertiary/aromatic N) is 3. The second kappa shape index (κ2) is 4.75. The van der Waals surface area contributed by atoms with Gasteiger partial charge in [-0.3, -0.25) is 0 Å². The Labute approximate surface area is 97.4 Å². The van der Waals surface area contributed by atoms with Crippen LogP contribution in [0, 0.1) is 0 Å². The van der Waals surface area contributed by atoms with Crippen molar-refractivity contribution in [3.05, 3.63) is 41.7 Å². The van der Waals surface area contributed by atoms with Gasteiger partial charge in [-0.15, -0.1) is 5.10 Å². The molecule has 0 aliphatic carbocycles. The van der Waals surface area contributed by atoms with Crippen LogP contribution in [0.4, 0.5) is 0 Å². The zero-order chi connectivity index (χ0) is 12.3. The summed E-state index contributed by atoms with van der Waals surface area (Å²) in [5, 5.41) is 16.5. The highest BCUT2D eigenvalue weighted by atomic mass is 16.5. The summed E-state index contributed by atoms with van der Waals surface area (Å²) in [6.07, 6.45) is 0. The van der Waals surface area contributed by atoms with E-state index in [0.29, 0.717) is 5.69 Å². The standard InChI is InChI=1S/C11H11N3O3/c1-17-7-9-10(11(15)16)12-13-14(9)8-5-3-2-4-6-8/h2-6H,7H2,1H3,(H,15,16). The lowest BCUT2D eigenvalue weighted by Crippen LogP contribution is -2.07. The quantitative estimate of drug-likeness (QED) is 0.855. The van der Waals surface area contributed by atoms with Gasteiger partial charge in [-0.25, -0.2) is 9.48 Å². The van der Waals surface area contributed by atoms with Crippen LogP contribution in [0.5, 0.6) is 0 Å². The Kier molecular flexibility index (Phi) is 3.15. The number of carboxylic acids is 1. The minimum absolute atomic E-state index is 0.0873. The van der Waals surface area contributed by atoms with Crippen LogP contribution < -0.4 is 0 Å². The fourth-order valence-electron chi connectivity index (χ4n) is 1.51. The molecule has 0 unspecified atom stereocenters. The Morgan fingerprint density at radius 3 is 2.71 bits per heavy atom. The molecule has 17 heavy (non-hydrogen) atoms. The molecular weight excluding hydrogens is 222 g/mol. The van der Waals surface area contributed by atoms with E-state index in [1.807, 2.05) is 30.3 Å². The molecule has 0 amide bonds. The molecule has 88 valence electrons. The summed E-state index contributed by atoms with van der Waals surface area (Å²) in [5.74, 6) is -1.11. The normalized spacial score (nSPS) is 10.4. The van der Waals surface area contributed by atoms with E-state index in [2.05, 4.69) is 10.3 Å². The van der Waals surface area contributed by atoms with Crippen molar-refractivity contribution in [2.45, 2.75) is 6.61 Å². The minimum Gasteiger partial charge on any atom is -0.476 e. The maximum Gasteiger partial charge on any atom is 0.358 e. The van der Waals surface area contributed by atoms with Crippen molar-refractivity contribution in [3.63, 3.8) is 0 Å². The summed E-state index contributed by atoms with van der Waals surface area (Å²) in [6, 6.07) is 9.19. The molecule has 1 aromatic carbocycles. The van der Waals surface area contributed by atoms with Crippen molar-refractivity contribution in [1.82, 2.24) is 15.0 Å². The van der Waals surface area contributed by atoms with E-state index >= 15 is 0 Å². The Bertz CT molecular complexity index is 522. The Morgan fingerprint density at radius 1 is 1.41 bits per heavy atom. The highest BCUT2D eigenvalue weighted by molar-refractivity contribution is 5.86. The van der Waals surface area contributed by atoms with E-state index in [1.165, 1.54) is 11.8 Å². The molecule has 6 heteroatoms. The van der Waals surface area contributed by atoms with Gasteiger partial charge in [0.25, 0.3) is 0 Å². The number of ether oxygens (including phenoxy) is 1. The summed E-state index contributed by atoms with van der Waals surface area (Å²) in [6.45, 7) is 0.142. The third kappa shape index (κ3) is 2.16. The number of benzene rings is 1. The number of methoxy groups -OCH3 is 1. The molecule has 1 N–H and O–H groups in total. The van der Waals surface area contributed by atoms with Gasteiger partial charge in [0.05, 0.1) is 12.3 Å². The first-order chi connectivity index (χ1) is 8.24. The van der Waals surface area contributed by atoms with E-state index in [9.17, 15) is 4.79 Å². The van der Waals surface area contributed by atoms with Crippen molar-refractivity contribution < 1.29 is 14.6 Å². The predicted octanol–water partition coefficient (Wildman–Crippen LogP) is 1.11. The van der Waals surface area contributed by atoms with Gasteiger partial charge in [-0.05, 0) is 12.1 Å². The smallest absolute Gasteiger partial charge is 0.358 e. The molecule has 6 nitrogen and oxygen atoms in total. The molecule has 2 rings (SSSR count). The summed E-state index contributed by atoms with van der Waals surface area (Å²) >= 11 is 0. The Hall–Kier alpha value is -2.21. The molecule has 2 aromatic rings. The zero-order valence-corrected chi connectivity index (χ0v) is 9.20. The minimum atomic E-state index is -1.11. The topological polar surface area (TPSA) is 77.2 Å². The number of carboxylic acid groups (broad SMARTS) is 1. The van der Waals surface area contributed by atoms with Crippen LogP contribution in [0.15, 0.2) is 30.3 Å². The van der Waals surface area contributed by atoms with Gasteiger partial charge in [0, 0.05) is 7.11 Å². The number of carbonyl (C=O) groups is 1. The highest BCUT2D eigenvalue weighted by Crippen LogP contribution is 2.13. The van der Waals surface area contributed by atoms with Gasteiger partial charge in [-0.1, -0.05) is 23.4 Å². The predicted molar refractivity (Wildman–Crippen MR) is 59.0 cm³/mol. The number of aromatic nitrogens is 3. The van der Waals surface area contributed by atoms with E-state index in [4.69, 9.17) is 9.84 Å². The molecule has 1 aromatic heterocycles. The van der Waals surface area contributed by atoms with Crippen molar-refractivity contribution in [2.24, 2.45) is 0 Å². The van der Waals surface area contributed by atoms with E-state index in [-0.39, 0.29) is 12.3 Å². The van der Waals surface area contributed by atoms with Crippen LogP contribution in [0.1, 0.15) is 16.2 Å². The molecule has 0 saturated heterocycles. The van der Waals surface area contributed by atoms with Gasteiger partial charge in [0.1, 0.15) is 5.69 Å². The largest absolute Gasteiger partial charge is 0.476 e. The molecule has 0 saturated carbocycles. The molecule has 0 atom stereocenters. The molecule has 0 aliphatic rings. The number of rotatable bonds is 4. The lowest BCUT2D eigenvalue weighted by Gasteiger charge is -2.05. The lowest BCUT2D eigenvalue weighted by molar-refractivity contribution is 0.0685. The first-order valence-corrected chi connectivity index (χ1v) is 4.96. The van der Waals surface area contributed by atoms with Crippen LogP contribution in [0.25, 0.3) is 5.69 Å². The van der Waals surface area contributed by atoms with Crippen molar-refractivity contribution in [1.29, 1.82) is 0 Å². The Morgan fingerprint density at radius 2 is 2.12 bits per heavy atom. The van der Waals surface area contributed by atoms with Gasteiger partial charge in [0.2, 0.25) is 0 Å². The maximum atomic E-state index is 11.0. The zero-order valence-electron chi connectivity index (χ0n) is 9.20. The molecule has 1 heterocycles. The van der Waals surface area contributed by atoms with Crippen molar-refractivity contribution >= 4 is 5.97 Å². The number of hydrogen-bond donors (Lipinski definition) is 1. The molecule has 0 fully saturated rings. The first-order valence-electron chi connectivity index (χ1n) is 4.96. The lowest BCUT2D eigenvalue weighted by atomic mass is 10.3. The van der Waals surface area contributed by atoms with Crippen LogP contribution in [0.2, 0.25) is 0 Å². The van der Waals surface area contributed by atoms with E-state index in [1.54, 1.807) is 0 Å². The SMILES string of the molecule is COCc1c(C(=O)O)nnn1-c1ccccc1. The first kappa shape index (κ1) is 11.3. The highest BCUT2D eigenvalue weighted by Gasteiger charge is 2.19. The monoisotopic (exact) mass is 233 g/mol.